The molecule has 1 atom stereocenters. The van der Waals surface area contributed by atoms with E-state index in [4.69, 9.17) is 11.6 Å². The van der Waals surface area contributed by atoms with Crippen LogP contribution in [0.4, 0.5) is 4.39 Å². The van der Waals surface area contributed by atoms with Gasteiger partial charge in [-0.15, -0.1) is 0 Å². The molecule has 0 heterocycles. The van der Waals surface area contributed by atoms with Crippen molar-refractivity contribution < 1.29 is 4.39 Å². The second kappa shape index (κ2) is 6.53. The Balaban J connectivity index is 2.40. The summed E-state index contributed by atoms with van der Waals surface area (Å²) in [5.74, 6) is 0.302. The second-order valence-corrected chi connectivity index (χ2v) is 6.42. The molecule has 1 rings (SSSR count). The molecule has 3 heteroatoms. The molecule has 0 aromatic heterocycles. The number of nitrogens with one attached hydrogen (secondary N) is 1. The van der Waals surface area contributed by atoms with E-state index >= 15 is 0 Å². The largest absolute Gasteiger partial charge is 0.312 e. The van der Waals surface area contributed by atoms with Crippen molar-refractivity contribution in [2.45, 2.75) is 46.1 Å². The van der Waals surface area contributed by atoms with E-state index in [2.05, 4.69) is 33.0 Å². The van der Waals surface area contributed by atoms with Crippen LogP contribution in [-0.4, -0.2) is 12.1 Å². The summed E-state index contributed by atoms with van der Waals surface area (Å²) < 4.78 is 12.9. The third-order valence-electron chi connectivity index (χ3n) is 2.90. The maximum atomic E-state index is 12.9. The van der Waals surface area contributed by atoms with Crippen molar-refractivity contribution in [3.05, 3.63) is 34.6 Å². The smallest absolute Gasteiger partial charge is 0.124 e. The molecule has 1 aromatic rings. The fourth-order valence-corrected chi connectivity index (χ4v) is 1.97. The van der Waals surface area contributed by atoms with Gasteiger partial charge in [-0.1, -0.05) is 24.6 Å². The van der Waals surface area contributed by atoms with Crippen molar-refractivity contribution in [2.24, 2.45) is 5.92 Å². The van der Waals surface area contributed by atoms with Gasteiger partial charge in [0, 0.05) is 10.6 Å². The minimum Gasteiger partial charge on any atom is -0.312 e. The Morgan fingerprint density at radius 3 is 2.56 bits per heavy atom. The number of halogens is 2. The molecule has 0 saturated heterocycles. The number of aryl methyl sites for hydroxylation is 1. The molecular weight excluding hydrogens is 249 g/mol. The van der Waals surface area contributed by atoms with Gasteiger partial charge >= 0.3 is 0 Å². The molecule has 1 N–H and O–H groups in total. The zero-order chi connectivity index (χ0) is 13.8. The average Bonchev–Trinajstić information content (AvgIpc) is 2.24. The van der Waals surface area contributed by atoms with Crippen LogP contribution in [0.1, 0.15) is 39.7 Å². The maximum Gasteiger partial charge on any atom is 0.124 e. The van der Waals surface area contributed by atoms with E-state index in [1.807, 2.05) is 0 Å². The van der Waals surface area contributed by atoms with E-state index in [0.29, 0.717) is 10.9 Å². The van der Waals surface area contributed by atoms with Crippen LogP contribution in [-0.2, 0) is 6.42 Å². The first-order valence-corrected chi connectivity index (χ1v) is 6.84. The minimum atomic E-state index is -0.272. The van der Waals surface area contributed by atoms with Crippen LogP contribution >= 0.6 is 11.6 Å². The van der Waals surface area contributed by atoms with Gasteiger partial charge in [-0.2, -0.15) is 0 Å². The Labute approximate surface area is 115 Å². The maximum absolute atomic E-state index is 12.9. The highest BCUT2D eigenvalue weighted by atomic mass is 35.5. The Hall–Kier alpha value is -0.600. The quantitative estimate of drug-likeness (QED) is 0.835. The summed E-state index contributed by atoms with van der Waals surface area (Å²) in [4.78, 5) is 0. The van der Waals surface area contributed by atoms with Crippen LogP contribution in [0, 0.1) is 11.7 Å². The lowest BCUT2D eigenvalue weighted by Gasteiger charge is -2.23. The Morgan fingerprint density at radius 1 is 1.33 bits per heavy atom. The van der Waals surface area contributed by atoms with Gasteiger partial charge in [-0.3, -0.25) is 0 Å². The van der Waals surface area contributed by atoms with E-state index in [-0.39, 0.29) is 11.4 Å². The van der Waals surface area contributed by atoms with Crippen LogP contribution < -0.4 is 5.32 Å². The molecule has 0 aliphatic carbocycles. The molecule has 1 unspecified atom stereocenters. The second-order valence-electron chi connectivity index (χ2n) is 6.01. The highest BCUT2D eigenvalue weighted by molar-refractivity contribution is 6.31. The van der Waals surface area contributed by atoms with Crippen molar-refractivity contribution in [3.63, 3.8) is 0 Å². The summed E-state index contributed by atoms with van der Waals surface area (Å²) >= 11 is 6.01. The SMILES string of the molecule is CC(CCc1ccc(F)cc1Cl)CNC(C)(C)C. The molecular formula is C15H23ClFN. The Kier molecular flexibility index (Phi) is 5.61. The van der Waals surface area contributed by atoms with Crippen molar-refractivity contribution in [1.82, 2.24) is 5.32 Å². The van der Waals surface area contributed by atoms with E-state index in [1.165, 1.54) is 12.1 Å². The summed E-state index contributed by atoms with van der Waals surface area (Å²) in [5.41, 5.74) is 1.18. The standard InChI is InChI=1S/C15H23ClFN/c1-11(10-18-15(2,3)4)5-6-12-7-8-13(17)9-14(12)16/h7-9,11,18H,5-6,10H2,1-4H3. The van der Waals surface area contributed by atoms with E-state index in [0.717, 1.165) is 24.9 Å². The molecule has 0 aliphatic rings. The molecule has 18 heavy (non-hydrogen) atoms. The van der Waals surface area contributed by atoms with Gasteiger partial charge in [0.1, 0.15) is 5.82 Å². The lowest BCUT2D eigenvalue weighted by atomic mass is 9.99. The first-order chi connectivity index (χ1) is 8.28. The monoisotopic (exact) mass is 271 g/mol. The predicted octanol–water partition coefficient (Wildman–Crippen LogP) is 4.44. The van der Waals surface area contributed by atoms with Crippen LogP contribution in [0.25, 0.3) is 0 Å². The summed E-state index contributed by atoms with van der Waals surface area (Å²) in [6.45, 7) is 9.70. The van der Waals surface area contributed by atoms with Gasteiger partial charge in [0.25, 0.3) is 0 Å². The van der Waals surface area contributed by atoms with Gasteiger partial charge in [-0.25, -0.2) is 4.39 Å². The molecule has 0 saturated carbocycles. The molecule has 0 amide bonds. The summed E-state index contributed by atoms with van der Waals surface area (Å²) in [5, 5.41) is 4.02. The van der Waals surface area contributed by atoms with Gasteiger partial charge < -0.3 is 5.32 Å². The fourth-order valence-electron chi connectivity index (χ4n) is 1.71. The Morgan fingerprint density at radius 2 is 2.00 bits per heavy atom. The normalized spacial score (nSPS) is 13.7. The third-order valence-corrected chi connectivity index (χ3v) is 3.25. The van der Waals surface area contributed by atoms with Crippen molar-refractivity contribution in [3.8, 4) is 0 Å². The minimum absolute atomic E-state index is 0.155. The summed E-state index contributed by atoms with van der Waals surface area (Å²) in [7, 11) is 0. The van der Waals surface area contributed by atoms with Crippen LogP contribution in [0.2, 0.25) is 5.02 Å². The van der Waals surface area contributed by atoms with Crippen LogP contribution in [0.15, 0.2) is 18.2 Å². The van der Waals surface area contributed by atoms with Crippen LogP contribution in [0.5, 0.6) is 0 Å². The van der Waals surface area contributed by atoms with Crippen molar-refractivity contribution >= 4 is 11.6 Å². The highest BCUT2D eigenvalue weighted by Crippen LogP contribution is 2.20. The topological polar surface area (TPSA) is 12.0 Å². The zero-order valence-corrected chi connectivity index (χ0v) is 12.4. The number of hydrogen-bond donors (Lipinski definition) is 1. The molecule has 1 aromatic carbocycles. The molecule has 0 aliphatic heterocycles. The zero-order valence-electron chi connectivity index (χ0n) is 11.7. The van der Waals surface area contributed by atoms with E-state index in [9.17, 15) is 4.39 Å². The van der Waals surface area contributed by atoms with E-state index in [1.54, 1.807) is 6.07 Å². The molecule has 1 nitrogen and oxygen atoms in total. The lowest BCUT2D eigenvalue weighted by Crippen LogP contribution is -2.38. The average molecular weight is 272 g/mol. The fraction of sp³-hybridized carbons (Fsp3) is 0.600. The van der Waals surface area contributed by atoms with Gasteiger partial charge in [0.2, 0.25) is 0 Å². The summed E-state index contributed by atoms with van der Waals surface area (Å²) in [6, 6.07) is 4.63. The van der Waals surface area contributed by atoms with Gasteiger partial charge in [0.15, 0.2) is 0 Å². The summed E-state index contributed by atoms with van der Waals surface area (Å²) in [6.07, 6.45) is 1.94. The van der Waals surface area contributed by atoms with Gasteiger partial charge in [-0.05, 0) is 63.8 Å². The molecule has 0 radical (unpaired) electrons. The number of hydrogen-bond acceptors (Lipinski definition) is 1. The molecule has 102 valence electrons. The van der Waals surface area contributed by atoms with E-state index < -0.39 is 0 Å². The Bertz CT molecular complexity index is 385. The van der Waals surface area contributed by atoms with Gasteiger partial charge in [0.05, 0.1) is 0 Å². The predicted molar refractivity (Wildman–Crippen MR) is 76.7 cm³/mol. The third kappa shape index (κ3) is 5.83. The molecule has 0 bridgehead atoms. The number of rotatable bonds is 5. The lowest BCUT2D eigenvalue weighted by molar-refractivity contribution is 0.372. The molecule has 0 fully saturated rings. The first kappa shape index (κ1) is 15.5. The van der Waals surface area contributed by atoms with Crippen molar-refractivity contribution in [2.75, 3.05) is 6.54 Å². The van der Waals surface area contributed by atoms with Crippen molar-refractivity contribution in [1.29, 1.82) is 0 Å². The first-order valence-electron chi connectivity index (χ1n) is 6.47. The van der Waals surface area contributed by atoms with Crippen LogP contribution in [0.3, 0.4) is 0 Å². The highest BCUT2D eigenvalue weighted by Gasteiger charge is 2.11. The number of benzene rings is 1. The molecule has 0 spiro atoms.